The van der Waals surface area contributed by atoms with Gasteiger partial charge in [-0.15, -0.1) is 0 Å². The van der Waals surface area contributed by atoms with Crippen molar-refractivity contribution in [2.45, 2.75) is 11.5 Å². The average molecular weight is 430 g/mol. The van der Waals surface area contributed by atoms with Gasteiger partial charge in [-0.05, 0) is 54.1 Å². The molecular weight excluding hydrogens is 414 g/mol. The lowest BCUT2D eigenvalue weighted by atomic mass is 10.0. The van der Waals surface area contributed by atoms with Crippen LogP contribution in [-0.4, -0.2) is 22.1 Å². The molecule has 0 bridgehead atoms. The third-order valence-electron chi connectivity index (χ3n) is 4.12. The zero-order valence-electron chi connectivity index (χ0n) is 15.7. The molecule has 0 saturated carbocycles. The number of halogens is 2. The zero-order valence-corrected chi connectivity index (χ0v) is 16.5. The molecule has 30 heavy (non-hydrogen) atoms. The van der Waals surface area contributed by atoms with E-state index in [1.807, 2.05) is 6.07 Å². The lowest BCUT2D eigenvalue weighted by molar-refractivity contribution is -0.0494. The maximum atomic E-state index is 12.8. The van der Waals surface area contributed by atoms with Crippen LogP contribution in [0.5, 0.6) is 11.5 Å². The second-order valence-electron chi connectivity index (χ2n) is 6.06. The first-order valence-corrected chi connectivity index (χ1v) is 10.1. The Hall–Kier alpha value is -3.64. The zero-order chi connectivity index (χ0) is 21.7. The minimum Gasteiger partial charge on any atom is -0.497 e. The Balaban J connectivity index is 2.00. The first kappa shape index (κ1) is 21.1. The topological polar surface area (TPSA) is 88.4 Å². The van der Waals surface area contributed by atoms with Crippen LogP contribution in [-0.2, 0) is 10.0 Å². The Kier molecular flexibility index (Phi) is 6.18. The molecule has 0 fully saturated rings. The van der Waals surface area contributed by atoms with Gasteiger partial charge >= 0.3 is 6.61 Å². The van der Waals surface area contributed by atoms with Gasteiger partial charge in [0, 0.05) is 11.3 Å². The van der Waals surface area contributed by atoms with Crippen LogP contribution in [0.1, 0.15) is 5.56 Å². The van der Waals surface area contributed by atoms with Gasteiger partial charge in [0.2, 0.25) is 0 Å². The molecule has 0 unspecified atom stereocenters. The average Bonchev–Trinajstić information content (AvgIpc) is 2.74. The Morgan fingerprint density at radius 1 is 1.03 bits per heavy atom. The summed E-state index contributed by atoms with van der Waals surface area (Å²) in [4.78, 5) is -0.0968. The quantitative estimate of drug-likeness (QED) is 0.590. The van der Waals surface area contributed by atoms with Gasteiger partial charge in [0.25, 0.3) is 10.0 Å². The minimum atomic E-state index is -4.00. The highest BCUT2D eigenvalue weighted by Crippen LogP contribution is 2.35. The smallest absolute Gasteiger partial charge is 0.387 e. The third kappa shape index (κ3) is 4.85. The molecule has 0 aliphatic carbocycles. The maximum Gasteiger partial charge on any atom is 0.387 e. The number of nitrogens with one attached hydrogen (secondary N) is 1. The summed E-state index contributed by atoms with van der Waals surface area (Å²) in [5.41, 5.74) is 1.13. The van der Waals surface area contributed by atoms with E-state index in [1.54, 1.807) is 24.3 Å². The molecule has 6 nitrogen and oxygen atoms in total. The Morgan fingerprint density at radius 3 is 2.40 bits per heavy atom. The highest BCUT2D eigenvalue weighted by molar-refractivity contribution is 7.92. The van der Waals surface area contributed by atoms with Gasteiger partial charge in [-0.2, -0.15) is 14.0 Å². The van der Waals surface area contributed by atoms with Crippen molar-refractivity contribution in [2.75, 3.05) is 11.8 Å². The van der Waals surface area contributed by atoms with Crippen molar-refractivity contribution >= 4 is 15.7 Å². The van der Waals surface area contributed by atoms with E-state index in [4.69, 9.17) is 10.00 Å². The number of rotatable bonds is 7. The number of hydrogen-bond acceptors (Lipinski definition) is 5. The molecule has 0 spiro atoms. The second kappa shape index (κ2) is 8.80. The number of sulfonamides is 1. The lowest BCUT2D eigenvalue weighted by Gasteiger charge is -2.14. The highest BCUT2D eigenvalue weighted by atomic mass is 32.2. The first-order chi connectivity index (χ1) is 14.3. The monoisotopic (exact) mass is 430 g/mol. The highest BCUT2D eigenvalue weighted by Gasteiger charge is 2.18. The Morgan fingerprint density at radius 2 is 1.77 bits per heavy atom. The van der Waals surface area contributed by atoms with Crippen LogP contribution in [0.15, 0.2) is 71.6 Å². The SMILES string of the molecule is COc1ccc(-c2cc(NS(=O)(=O)c3cccc(C#N)c3)ccc2OC(F)F)cc1. The summed E-state index contributed by atoms with van der Waals surface area (Å²) in [5.74, 6) is 0.467. The van der Waals surface area contributed by atoms with Crippen molar-refractivity contribution in [2.24, 2.45) is 0 Å². The molecule has 3 aromatic rings. The van der Waals surface area contributed by atoms with E-state index < -0.39 is 16.6 Å². The molecule has 0 radical (unpaired) electrons. The summed E-state index contributed by atoms with van der Waals surface area (Å²) >= 11 is 0. The van der Waals surface area contributed by atoms with E-state index >= 15 is 0 Å². The van der Waals surface area contributed by atoms with Crippen LogP contribution in [0.4, 0.5) is 14.5 Å². The van der Waals surface area contributed by atoms with Crippen molar-refractivity contribution in [3.63, 3.8) is 0 Å². The molecular formula is C21H16F2N2O4S. The standard InChI is InChI=1S/C21H16F2N2O4S/c1-28-17-8-5-15(6-9-17)19-12-16(7-10-20(19)29-21(22)23)25-30(26,27)18-4-2-3-14(11-18)13-24/h2-12,21,25H,1H3. The van der Waals surface area contributed by atoms with Gasteiger partial charge in [0.15, 0.2) is 0 Å². The van der Waals surface area contributed by atoms with Crippen molar-refractivity contribution in [1.82, 2.24) is 0 Å². The van der Waals surface area contributed by atoms with Crippen LogP contribution >= 0.6 is 0 Å². The molecule has 0 saturated heterocycles. The lowest BCUT2D eigenvalue weighted by Crippen LogP contribution is -2.13. The fourth-order valence-electron chi connectivity index (χ4n) is 2.74. The van der Waals surface area contributed by atoms with Gasteiger partial charge in [0.1, 0.15) is 11.5 Å². The van der Waals surface area contributed by atoms with E-state index in [0.29, 0.717) is 11.3 Å². The first-order valence-electron chi connectivity index (χ1n) is 8.58. The largest absolute Gasteiger partial charge is 0.497 e. The molecule has 154 valence electrons. The summed E-state index contributed by atoms with van der Waals surface area (Å²) < 4.78 is 63.1. The van der Waals surface area contributed by atoms with Gasteiger partial charge in [-0.25, -0.2) is 8.42 Å². The normalized spacial score (nSPS) is 11.0. The number of nitriles is 1. The van der Waals surface area contributed by atoms with Gasteiger partial charge < -0.3 is 9.47 Å². The second-order valence-corrected chi connectivity index (χ2v) is 7.75. The summed E-state index contributed by atoms with van der Waals surface area (Å²) in [6.45, 7) is -3.04. The number of methoxy groups -OCH3 is 1. The predicted octanol–water partition coefficient (Wildman–Crippen LogP) is 4.64. The summed E-state index contributed by atoms with van der Waals surface area (Å²) in [5, 5.41) is 8.97. The Labute approximate surface area is 172 Å². The number of anilines is 1. The van der Waals surface area contributed by atoms with E-state index in [0.717, 1.165) is 0 Å². The summed E-state index contributed by atoms with van der Waals surface area (Å²) in [7, 11) is -2.50. The van der Waals surface area contributed by atoms with Crippen molar-refractivity contribution in [3.8, 4) is 28.7 Å². The molecule has 0 aliphatic heterocycles. The molecule has 3 rings (SSSR count). The third-order valence-corrected chi connectivity index (χ3v) is 5.50. The number of alkyl halides is 2. The molecule has 3 aromatic carbocycles. The van der Waals surface area contributed by atoms with Crippen LogP contribution in [0.25, 0.3) is 11.1 Å². The molecule has 1 N–H and O–H groups in total. The van der Waals surface area contributed by atoms with Gasteiger partial charge in [-0.3, -0.25) is 4.72 Å². The van der Waals surface area contributed by atoms with Crippen LogP contribution in [0.2, 0.25) is 0 Å². The minimum absolute atomic E-state index is 0.0968. The van der Waals surface area contributed by atoms with Crippen molar-refractivity contribution in [3.05, 3.63) is 72.3 Å². The van der Waals surface area contributed by atoms with Crippen molar-refractivity contribution in [1.29, 1.82) is 5.26 Å². The number of benzene rings is 3. The van der Waals surface area contributed by atoms with Gasteiger partial charge in [0.05, 0.1) is 23.6 Å². The predicted molar refractivity (Wildman–Crippen MR) is 107 cm³/mol. The number of ether oxygens (including phenoxy) is 2. The number of hydrogen-bond donors (Lipinski definition) is 1. The van der Waals surface area contributed by atoms with Crippen molar-refractivity contribution < 1.29 is 26.7 Å². The molecule has 0 heterocycles. The number of nitrogens with zero attached hydrogens (tertiary/aromatic N) is 1. The molecule has 0 aliphatic rings. The fourth-order valence-corrected chi connectivity index (χ4v) is 3.83. The van der Waals surface area contributed by atoms with Crippen LogP contribution in [0.3, 0.4) is 0 Å². The van der Waals surface area contributed by atoms with E-state index in [-0.39, 0.29) is 27.5 Å². The maximum absolute atomic E-state index is 12.8. The van der Waals surface area contributed by atoms with E-state index in [9.17, 15) is 17.2 Å². The van der Waals surface area contributed by atoms with Crippen LogP contribution < -0.4 is 14.2 Å². The van der Waals surface area contributed by atoms with Crippen LogP contribution in [0, 0.1) is 11.3 Å². The molecule has 0 aromatic heterocycles. The van der Waals surface area contributed by atoms with Gasteiger partial charge in [-0.1, -0.05) is 18.2 Å². The van der Waals surface area contributed by atoms with E-state index in [1.165, 1.54) is 49.6 Å². The Bertz CT molecular complexity index is 1190. The molecule has 0 amide bonds. The fraction of sp³-hybridized carbons (Fsp3) is 0.0952. The van der Waals surface area contributed by atoms with E-state index in [2.05, 4.69) is 9.46 Å². The molecule has 0 atom stereocenters. The summed E-state index contributed by atoms with van der Waals surface area (Å²) in [6.07, 6.45) is 0. The molecule has 9 heteroatoms. The summed E-state index contributed by atoms with van der Waals surface area (Å²) in [6, 6.07) is 17.9.